The second kappa shape index (κ2) is 11.1. The Hall–Kier alpha value is -6.44. The van der Waals surface area contributed by atoms with E-state index in [1.807, 2.05) is 0 Å². The van der Waals surface area contributed by atoms with Crippen LogP contribution in [0.4, 0.5) is 0 Å². The van der Waals surface area contributed by atoms with Crippen LogP contribution in [-0.4, -0.2) is 0 Å². The van der Waals surface area contributed by atoms with Crippen LogP contribution in [-0.2, 0) is 0 Å². The number of rotatable bonds is 4. The summed E-state index contributed by atoms with van der Waals surface area (Å²) in [6.07, 6.45) is 0. The predicted octanol–water partition coefficient (Wildman–Crippen LogP) is 13.7. The first kappa shape index (κ1) is 27.7. The Morgan fingerprint density at radius 2 is 0.857 bits per heavy atom. The molecular formula is C48H30O. The first-order valence-corrected chi connectivity index (χ1v) is 16.8. The van der Waals surface area contributed by atoms with Crippen LogP contribution in [0.3, 0.4) is 0 Å². The third-order valence-electron chi connectivity index (χ3n) is 10.0. The van der Waals surface area contributed by atoms with Gasteiger partial charge in [-0.15, -0.1) is 0 Å². The van der Waals surface area contributed by atoms with Gasteiger partial charge in [-0.1, -0.05) is 152 Å². The summed E-state index contributed by atoms with van der Waals surface area (Å²) >= 11 is 0. The Labute approximate surface area is 284 Å². The molecule has 0 amide bonds. The molecule has 1 heterocycles. The summed E-state index contributed by atoms with van der Waals surface area (Å²) in [5.41, 5.74) is 11.5. The smallest absolute Gasteiger partial charge is 0.136 e. The maximum Gasteiger partial charge on any atom is 0.136 e. The summed E-state index contributed by atoms with van der Waals surface area (Å²) in [5.74, 6) is 0. The molecule has 0 aliphatic carbocycles. The molecule has 0 atom stereocenters. The third kappa shape index (κ3) is 4.47. The molecule has 0 aliphatic heterocycles. The summed E-state index contributed by atoms with van der Waals surface area (Å²) in [6.45, 7) is 0. The van der Waals surface area contributed by atoms with Gasteiger partial charge in [-0.2, -0.15) is 0 Å². The van der Waals surface area contributed by atoms with E-state index in [-0.39, 0.29) is 0 Å². The van der Waals surface area contributed by atoms with Gasteiger partial charge in [-0.3, -0.25) is 0 Å². The third-order valence-corrected chi connectivity index (χ3v) is 10.0. The van der Waals surface area contributed by atoms with Gasteiger partial charge in [0, 0.05) is 10.8 Å². The van der Waals surface area contributed by atoms with Crippen molar-refractivity contribution in [1.82, 2.24) is 0 Å². The predicted molar refractivity (Wildman–Crippen MR) is 208 cm³/mol. The molecule has 9 aromatic carbocycles. The molecule has 1 heteroatoms. The van der Waals surface area contributed by atoms with E-state index in [1.165, 1.54) is 76.8 Å². The van der Waals surface area contributed by atoms with Gasteiger partial charge in [0.15, 0.2) is 0 Å². The van der Waals surface area contributed by atoms with Crippen molar-refractivity contribution in [2.24, 2.45) is 0 Å². The quantitative estimate of drug-likeness (QED) is 0.178. The van der Waals surface area contributed by atoms with Crippen LogP contribution in [0.15, 0.2) is 186 Å². The van der Waals surface area contributed by atoms with Gasteiger partial charge in [0.1, 0.15) is 11.2 Å². The van der Waals surface area contributed by atoms with E-state index in [9.17, 15) is 0 Å². The Morgan fingerprint density at radius 3 is 1.61 bits per heavy atom. The minimum Gasteiger partial charge on any atom is -0.456 e. The molecule has 0 aliphatic rings. The lowest BCUT2D eigenvalue weighted by Gasteiger charge is -2.19. The average molecular weight is 623 g/mol. The van der Waals surface area contributed by atoms with Crippen molar-refractivity contribution in [3.05, 3.63) is 182 Å². The van der Waals surface area contributed by atoms with E-state index in [4.69, 9.17) is 4.42 Å². The normalized spacial score (nSPS) is 11.7. The van der Waals surface area contributed by atoms with Crippen LogP contribution in [0.25, 0.3) is 98.8 Å². The fraction of sp³-hybridized carbons (Fsp3) is 0. The van der Waals surface area contributed by atoms with Gasteiger partial charge in [-0.25, -0.2) is 0 Å². The topological polar surface area (TPSA) is 13.1 Å². The van der Waals surface area contributed by atoms with Gasteiger partial charge < -0.3 is 4.42 Å². The van der Waals surface area contributed by atoms with Gasteiger partial charge in [0.25, 0.3) is 0 Å². The number of benzene rings is 9. The van der Waals surface area contributed by atoms with E-state index >= 15 is 0 Å². The second-order valence-electron chi connectivity index (χ2n) is 12.8. The molecule has 0 radical (unpaired) electrons. The molecule has 1 nitrogen and oxygen atoms in total. The standard InChI is InChI=1S/C48H30O/c1-3-13-31(14-4-1)33-19-11-20-37(27-33)46-38-21-9-10-22-39(38)47(42-28-36(25-26-40(42)46)32-15-5-2-6-16-32)41-23-12-24-44-48(41)43-29-34-17-7-8-18-35(34)30-45(43)49-44/h1-30H. The van der Waals surface area contributed by atoms with E-state index in [0.717, 1.165) is 21.9 Å². The van der Waals surface area contributed by atoms with Crippen LogP contribution in [0.2, 0.25) is 0 Å². The molecule has 228 valence electrons. The Balaban J connectivity index is 1.34. The van der Waals surface area contributed by atoms with Gasteiger partial charge in [0.05, 0.1) is 0 Å². The van der Waals surface area contributed by atoms with Crippen LogP contribution in [0.5, 0.6) is 0 Å². The molecule has 10 aromatic rings. The van der Waals surface area contributed by atoms with Gasteiger partial charge in [-0.05, 0) is 107 Å². The minimum atomic E-state index is 0.902. The number of hydrogen-bond donors (Lipinski definition) is 0. The molecule has 0 saturated carbocycles. The summed E-state index contributed by atoms with van der Waals surface area (Å²) in [5, 5.41) is 9.60. The van der Waals surface area contributed by atoms with Crippen LogP contribution >= 0.6 is 0 Å². The zero-order chi connectivity index (χ0) is 32.3. The first-order valence-electron chi connectivity index (χ1n) is 16.8. The lowest BCUT2D eigenvalue weighted by atomic mass is 9.83. The molecule has 0 bridgehead atoms. The largest absolute Gasteiger partial charge is 0.456 e. The molecule has 0 fully saturated rings. The molecular weight excluding hydrogens is 593 g/mol. The minimum absolute atomic E-state index is 0.902. The average Bonchev–Trinajstić information content (AvgIpc) is 3.54. The Kier molecular flexibility index (Phi) is 6.25. The molecule has 10 rings (SSSR count). The zero-order valence-corrected chi connectivity index (χ0v) is 26.7. The molecule has 0 unspecified atom stereocenters. The van der Waals surface area contributed by atoms with Crippen LogP contribution in [0.1, 0.15) is 0 Å². The molecule has 1 aromatic heterocycles. The lowest BCUT2D eigenvalue weighted by molar-refractivity contribution is 0.669. The summed E-state index contributed by atoms with van der Waals surface area (Å²) in [7, 11) is 0. The maximum atomic E-state index is 6.59. The summed E-state index contributed by atoms with van der Waals surface area (Å²) in [4.78, 5) is 0. The van der Waals surface area contributed by atoms with E-state index in [1.54, 1.807) is 0 Å². The van der Waals surface area contributed by atoms with E-state index in [0.29, 0.717) is 0 Å². The maximum absolute atomic E-state index is 6.59. The van der Waals surface area contributed by atoms with Crippen molar-refractivity contribution in [2.45, 2.75) is 0 Å². The van der Waals surface area contributed by atoms with E-state index < -0.39 is 0 Å². The summed E-state index contributed by atoms with van der Waals surface area (Å²) < 4.78 is 6.59. The Morgan fingerprint density at radius 1 is 0.286 bits per heavy atom. The van der Waals surface area contributed by atoms with Crippen LogP contribution < -0.4 is 0 Å². The highest BCUT2D eigenvalue weighted by molar-refractivity contribution is 6.26. The van der Waals surface area contributed by atoms with Crippen LogP contribution in [0, 0.1) is 0 Å². The second-order valence-corrected chi connectivity index (χ2v) is 12.8. The van der Waals surface area contributed by atoms with Crippen molar-refractivity contribution >= 4 is 54.3 Å². The SMILES string of the molecule is c1ccc(-c2cccc(-c3c4ccccc4c(-c4cccc5oc6cc7ccccc7cc6c45)c4cc(-c5ccccc5)ccc34)c2)cc1. The number of fused-ring (bicyclic) bond motifs is 6. The Bertz CT molecular complexity index is 2860. The molecule has 49 heavy (non-hydrogen) atoms. The number of hydrogen-bond acceptors (Lipinski definition) is 1. The fourth-order valence-corrected chi connectivity index (χ4v) is 7.79. The van der Waals surface area contributed by atoms with Gasteiger partial charge in [0.2, 0.25) is 0 Å². The fourth-order valence-electron chi connectivity index (χ4n) is 7.79. The summed E-state index contributed by atoms with van der Waals surface area (Å²) in [6, 6.07) is 65.8. The van der Waals surface area contributed by atoms with Gasteiger partial charge >= 0.3 is 0 Å². The molecule has 0 saturated heterocycles. The number of furan rings is 1. The highest BCUT2D eigenvalue weighted by atomic mass is 16.3. The lowest BCUT2D eigenvalue weighted by Crippen LogP contribution is -1.92. The molecule has 0 N–H and O–H groups in total. The van der Waals surface area contributed by atoms with E-state index in [2.05, 4.69) is 182 Å². The van der Waals surface area contributed by atoms with Crippen molar-refractivity contribution in [3.63, 3.8) is 0 Å². The van der Waals surface area contributed by atoms with Crippen molar-refractivity contribution in [1.29, 1.82) is 0 Å². The highest BCUT2D eigenvalue weighted by Gasteiger charge is 2.21. The first-order chi connectivity index (χ1) is 24.3. The van der Waals surface area contributed by atoms with Crippen molar-refractivity contribution < 1.29 is 4.42 Å². The van der Waals surface area contributed by atoms with Crippen molar-refractivity contribution in [2.75, 3.05) is 0 Å². The zero-order valence-electron chi connectivity index (χ0n) is 26.7. The van der Waals surface area contributed by atoms with Crippen molar-refractivity contribution in [3.8, 4) is 44.5 Å². The monoisotopic (exact) mass is 622 g/mol. The highest BCUT2D eigenvalue weighted by Crippen LogP contribution is 2.48. The molecule has 0 spiro atoms.